The van der Waals surface area contributed by atoms with Crippen LogP contribution in [-0.4, -0.2) is 30.7 Å². The van der Waals surface area contributed by atoms with Gasteiger partial charge < -0.3 is 5.32 Å². The highest BCUT2D eigenvalue weighted by Crippen LogP contribution is 2.30. The summed E-state index contributed by atoms with van der Waals surface area (Å²) in [7, 11) is 0. The fourth-order valence-electron chi connectivity index (χ4n) is 1.71. The minimum Gasteiger partial charge on any atom is -0.322 e. The number of nitrogens with zero attached hydrogens (tertiary/aromatic N) is 3. The smallest absolute Gasteiger partial charge is 0.223 e. The molecule has 0 bridgehead atoms. The van der Waals surface area contributed by atoms with Crippen LogP contribution in [0.2, 0.25) is 10.0 Å². The molecule has 0 saturated heterocycles. The maximum Gasteiger partial charge on any atom is 0.223 e. The predicted octanol–water partition coefficient (Wildman–Crippen LogP) is 3.31. The normalized spacial score (nSPS) is 14.1. The van der Waals surface area contributed by atoms with Crippen LogP contribution in [0.5, 0.6) is 0 Å². The van der Waals surface area contributed by atoms with E-state index in [2.05, 4.69) is 16.4 Å². The van der Waals surface area contributed by atoms with Crippen molar-refractivity contribution in [2.45, 2.75) is 12.8 Å². The fourth-order valence-corrected chi connectivity index (χ4v) is 2.21. The van der Waals surface area contributed by atoms with Crippen LogP contribution in [0.3, 0.4) is 0 Å². The maximum absolute atomic E-state index is 8.48. The third kappa shape index (κ3) is 3.76. The molecule has 1 aromatic rings. The highest BCUT2D eigenvalue weighted by Gasteiger charge is 2.19. The van der Waals surface area contributed by atoms with E-state index < -0.39 is 0 Å². The average Bonchev–Trinajstić information content (AvgIpc) is 2.87. The lowest BCUT2D eigenvalue weighted by Gasteiger charge is -2.21. The van der Waals surface area contributed by atoms with E-state index in [1.807, 2.05) is 0 Å². The van der Waals surface area contributed by atoms with Gasteiger partial charge in [0.2, 0.25) is 5.96 Å². The SMILES string of the molecule is N#CCCCON1CCN=C1Nc1c(Cl)cccc1Cl. The summed E-state index contributed by atoms with van der Waals surface area (Å²) in [6.07, 6.45) is 1.16. The molecule has 5 nitrogen and oxygen atoms in total. The van der Waals surface area contributed by atoms with Crippen LogP contribution in [0.15, 0.2) is 23.2 Å². The molecule has 0 aliphatic carbocycles. The van der Waals surface area contributed by atoms with Crippen molar-refractivity contribution in [2.24, 2.45) is 4.99 Å². The monoisotopic (exact) mass is 312 g/mol. The molecule has 7 heteroatoms. The van der Waals surface area contributed by atoms with Gasteiger partial charge in [0.05, 0.1) is 41.5 Å². The number of para-hydroxylation sites is 1. The Labute approximate surface area is 127 Å². The van der Waals surface area contributed by atoms with Crippen LogP contribution in [-0.2, 0) is 4.84 Å². The van der Waals surface area contributed by atoms with E-state index in [-0.39, 0.29) is 0 Å². The standard InChI is InChI=1S/C13H14Cl2N4O/c14-10-4-3-5-11(15)12(10)18-13-17-7-8-19(13)20-9-2-1-6-16/h3-5H,1-2,7-9H2,(H,17,18). The summed E-state index contributed by atoms with van der Waals surface area (Å²) in [5.74, 6) is 0.581. The minimum absolute atomic E-state index is 0.476. The van der Waals surface area contributed by atoms with Crippen molar-refractivity contribution in [1.82, 2.24) is 5.06 Å². The summed E-state index contributed by atoms with van der Waals surface area (Å²) in [4.78, 5) is 9.89. The number of nitrogens with one attached hydrogen (secondary N) is 1. The number of rotatable bonds is 5. The molecule has 0 fully saturated rings. The first kappa shape index (κ1) is 14.9. The van der Waals surface area contributed by atoms with Crippen molar-refractivity contribution >= 4 is 34.8 Å². The number of unbranched alkanes of at least 4 members (excludes halogenated alkanes) is 1. The second kappa shape index (κ2) is 7.34. The van der Waals surface area contributed by atoms with E-state index in [4.69, 9.17) is 33.3 Å². The lowest BCUT2D eigenvalue weighted by atomic mass is 10.3. The second-order valence-corrected chi connectivity index (χ2v) is 4.94. The van der Waals surface area contributed by atoms with Gasteiger partial charge in [-0.25, -0.2) is 10.1 Å². The zero-order chi connectivity index (χ0) is 14.4. The van der Waals surface area contributed by atoms with E-state index in [9.17, 15) is 0 Å². The average molecular weight is 313 g/mol. The predicted molar refractivity (Wildman–Crippen MR) is 79.9 cm³/mol. The van der Waals surface area contributed by atoms with Crippen LogP contribution >= 0.6 is 23.2 Å². The second-order valence-electron chi connectivity index (χ2n) is 4.12. The molecular formula is C13H14Cl2N4O. The number of benzene rings is 1. The molecule has 0 unspecified atom stereocenters. The molecule has 106 valence electrons. The van der Waals surface area contributed by atoms with Crippen molar-refractivity contribution in [3.8, 4) is 6.07 Å². The van der Waals surface area contributed by atoms with Gasteiger partial charge >= 0.3 is 0 Å². The molecule has 1 N–H and O–H groups in total. The van der Waals surface area contributed by atoms with Crippen molar-refractivity contribution in [1.29, 1.82) is 5.26 Å². The highest BCUT2D eigenvalue weighted by atomic mass is 35.5. The summed E-state index contributed by atoms with van der Waals surface area (Å²) >= 11 is 12.2. The fraction of sp³-hybridized carbons (Fsp3) is 0.385. The third-order valence-electron chi connectivity index (χ3n) is 2.68. The summed E-state index contributed by atoms with van der Waals surface area (Å²) in [5.41, 5.74) is 0.613. The Morgan fingerprint density at radius 2 is 2.15 bits per heavy atom. The van der Waals surface area contributed by atoms with Crippen molar-refractivity contribution in [3.05, 3.63) is 28.2 Å². The molecule has 1 aliphatic heterocycles. The van der Waals surface area contributed by atoms with Gasteiger partial charge in [-0.05, 0) is 18.6 Å². The largest absolute Gasteiger partial charge is 0.322 e. The Morgan fingerprint density at radius 3 is 2.85 bits per heavy atom. The van der Waals surface area contributed by atoms with Crippen molar-refractivity contribution < 1.29 is 4.84 Å². The number of nitriles is 1. The summed E-state index contributed by atoms with van der Waals surface area (Å²) in [6, 6.07) is 7.37. The first-order valence-electron chi connectivity index (χ1n) is 6.25. The van der Waals surface area contributed by atoms with E-state index >= 15 is 0 Å². The molecule has 2 rings (SSSR count). The number of hydrogen-bond donors (Lipinski definition) is 1. The molecule has 0 spiro atoms. The van der Waals surface area contributed by atoms with E-state index in [1.165, 1.54) is 0 Å². The van der Waals surface area contributed by atoms with Gasteiger partial charge in [-0.3, -0.25) is 4.84 Å². The Balaban J connectivity index is 1.96. The molecule has 0 amide bonds. The zero-order valence-electron chi connectivity index (χ0n) is 10.8. The van der Waals surface area contributed by atoms with Crippen molar-refractivity contribution in [2.75, 3.05) is 25.0 Å². The van der Waals surface area contributed by atoms with Crippen molar-refractivity contribution in [3.63, 3.8) is 0 Å². The van der Waals surface area contributed by atoms with Gasteiger partial charge in [-0.2, -0.15) is 5.26 Å². The Morgan fingerprint density at radius 1 is 1.40 bits per heavy atom. The molecule has 0 aromatic heterocycles. The first-order valence-corrected chi connectivity index (χ1v) is 7.01. The molecule has 20 heavy (non-hydrogen) atoms. The molecule has 0 atom stereocenters. The molecule has 0 radical (unpaired) electrons. The summed E-state index contributed by atoms with van der Waals surface area (Å²) in [6.45, 7) is 1.78. The number of hydroxylamine groups is 2. The Hall–Kier alpha value is -1.48. The number of guanidine groups is 1. The summed E-state index contributed by atoms with van der Waals surface area (Å²) in [5, 5.41) is 14.3. The zero-order valence-corrected chi connectivity index (χ0v) is 12.3. The van der Waals surface area contributed by atoms with Gasteiger partial charge in [0, 0.05) is 6.42 Å². The minimum atomic E-state index is 0.476. The lowest BCUT2D eigenvalue weighted by molar-refractivity contribution is -0.0916. The molecular weight excluding hydrogens is 299 g/mol. The van der Waals surface area contributed by atoms with Crippen LogP contribution in [0, 0.1) is 11.3 Å². The topological polar surface area (TPSA) is 60.6 Å². The number of anilines is 1. The first-order chi connectivity index (χ1) is 9.72. The maximum atomic E-state index is 8.48. The van der Waals surface area contributed by atoms with Gasteiger partial charge in [0.15, 0.2) is 0 Å². The summed E-state index contributed by atoms with van der Waals surface area (Å²) < 4.78 is 0. The quantitative estimate of drug-likeness (QED) is 0.847. The molecule has 1 aromatic carbocycles. The molecule has 1 aliphatic rings. The number of aliphatic imine (C=N–C) groups is 1. The van der Waals surface area contributed by atoms with Crippen LogP contribution in [0.25, 0.3) is 0 Å². The number of halogens is 2. The van der Waals surface area contributed by atoms with Crippen LogP contribution in [0.4, 0.5) is 5.69 Å². The Bertz CT molecular complexity index is 521. The lowest BCUT2D eigenvalue weighted by Crippen LogP contribution is -2.33. The van der Waals surface area contributed by atoms with Crippen LogP contribution in [0.1, 0.15) is 12.8 Å². The highest BCUT2D eigenvalue weighted by molar-refractivity contribution is 6.39. The van der Waals surface area contributed by atoms with E-state index in [1.54, 1.807) is 23.3 Å². The van der Waals surface area contributed by atoms with Gasteiger partial charge in [0.25, 0.3) is 0 Å². The molecule has 1 heterocycles. The van der Waals surface area contributed by atoms with E-state index in [0.717, 1.165) is 0 Å². The van der Waals surface area contributed by atoms with Gasteiger partial charge in [-0.15, -0.1) is 0 Å². The van der Waals surface area contributed by atoms with Gasteiger partial charge in [-0.1, -0.05) is 29.3 Å². The van der Waals surface area contributed by atoms with Crippen LogP contribution < -0.4 is 5.32 Å². The van der Waals surface area contributed by atoms with E-state index in [0.29, 0.717) is 54.2 Å². The third-order valence-corrected chi connectivity index (χ3v) is 3.31. The number of hydrogen-bond acceptors (Lipinski definition) is 5. The molecule has 0 saturated carbocycles. The Kier molecular flexibility index (Phi) is 5.48. The van der Waals surface area contributed by atoms with Gasteiger partial charge in [0.1, 0.15) is 0 Å².